The van der Waals surface area contributed by atoms with Crippen molar-refractivity contribution < 1.29 is 9.59 Å². The molecule has 4 nitrogen and oxygen atoms in total. The number of amides is 2. The molecule has 0 aromatic heterocycles. The van der Waals surface area contributed by atoms with Crippen LogP contribution in [0, 0.1) is 0 Å². The summed E-state index contributed by atoms with van der Waals surface area (Å²) in [5.41, 5.74) is 0.757. The van der Waals surface area contributed by atoms with Crippen LogP contribution in [0.5, 0.6) is 0 Å². The standard InChI is InChI=1S/C14H19BrN2O2/c1-10(2)17(11(3)18)9-8-14(19)16-13-6-4-12(15)5-7-13/h4-7,10H,8-9H2,1-3H3,(H,16,19). The van der Waals surface area contributed by atoms with Crippen LogP contribution >= 0.6 is 15.9 Å². The zero-order valence-electron chi connectivity index (χ0n) is 11.4. The number of nitrogens with one attached hydrogen (secondary N) is 1. The van der Waals surface area contributed by atoms with Crippen molar-refractivity contribution in [3.8, 4) is 0 Å². The number of hydrogen-bond donors (Lipinski definition) is 1. The molecule has 1 aromatic carbocycles. The molecule has 104 valence electrons. The minimum absolute atomic E-state index is 0.00792. The van der Waals surface area contributed by atoms with E-state index in [0.29, 0.717) is 13.0 Å². The van der Waals surface area contributed by atoms with E-state index in [9.17, 15) is 9.59 Å². The molecule has 0 aliphatic heterocycles. The molecule has 0 spiro atoms. The molecule has 0 saturated heterocycles. The van der Waals surface area contributed by atoms with Gasteiger partial charge in [0.25, 0.3) is 0 Å². The Balaban J connectivity index is 2.47. The quantitative estimate of drug-likeness (QED) is 0.904. The van der Waals surface area contributed by atoms with Crippen LogP contribution in [0.15, 0.2) is 28.7 Å². The van der Waals surface area contributed by atoms with Gasteiger partial charge in [-0.3, -0.25) is 9.59 Å². The maximum absolute atomic E-state index is 11.8. The Hall–Kier alpha value is -1.36. The van der Waals surface area contributed by atoms with Gasteiger partial charge in [-0.1, -0.05) is 15.9 Å². The van der Waals surface area contributed by atoms with Gasteiger partial charge in [0.1, 0.15) is 0 Å². The summed E-state index contributed by atoms with van der Waals surface area (Å²) in [5.74, 6) is -0.0966. The summed E-state index contributed by atoms with van der Waals surface area (Å²) < 4.78 is 0.966. The Morgan fingerprint density at radius 3 is 2.32 bits per heavy atom. The number of halogens is 1. The van der Waals surface area contributed by atoms with Crippen molar-refractivity contribution in [2.45, 2.75) is 33.2 Å². The smallest absolute Gasteiger partial charge is 0.226 e. The van der Waals surface area contributed by atoms with Crippen LogP contribution in [-0.4, -0.2) is 29.3 Å². The van der Waals surface area contributed by atoms with Gasteiger partial charge in [0, 0.05) is 36.1 Å². The SMILES string of the molecule is CC(=O)N(CCC(=O)Nc1ccc(Br)cc1)C(C)C. The minimum Gasteiger partial charge on any atom is -0.340 e. The van der Waals surface area contributed by atoms with Crippen LogP contribution in [0.3, 0.4) is 0 Å². The number of rotatable bonds is 5. The normalized spacial score (nSPS) is 10.4. The van der Waals surface area contributed by atoms with Crippen molar-refractivity contribution >= 4 is 33.4 Å². The van der Waals surface area contributed by atoms with E-state index in [4.69, 9.17) is 0 Å². The second-order valence-electron chi connectivity index (χ2n) is 4.61. The van der Waals surface area contributed by atoms with Crippen LogP contribution in [0.2, 0.25) is 0 Å². The van der Waals surface area contributed by atoms with Gasteiger partial charge >= 0.3 is 0 Å². The lowest BCUT2D eigenvalue weighted by Crippen LogP contribution is -2.37. The highest BCUT2D eigenvalue weighted by Crippen LogP contribution is 2.14. The highest BCUT2D eigenvalue weighted by Gasteiger charge is 2.14. The topological polar surface area (TPSA) is 49.4 Å². The van der Waals surface area contributed by atoms with Crippen LogP contribution < -0.4 is 5.32 Å². The Kier molecular flexibility index (Phi) is 6.02. The number of nitrogens with zero attached hydrogens (tertiary/aromatic N) is 1. The van der Waals surface area contributed by atoms with Gasteiger partial charge in [-0.05, 0) is 38.1 Å². The molecular formula is C14H19BrN2O2. The van der Waals surface area contributed by atoms with Crippen LogP contribution in [-0.2, 0) is 9.59 Å². The maximum atomic E-state index is 11.8. The van der Waals surface area contributed by atoms with E-state index in [2.05, 4.69) is 21.2 Å². The average molecular weight is 327 g/mol. The molecule has 0 saturated carbocycles. The molecule has 1 aromatic rings. The molecule has 0 fully saturated rings. The third-order valence-electron chi connectivity index (χ3n) is 2.74. The first-order valence-electron chi connectivity index (χ1n) is 6.22. The first kappa shape index (κ1) is 15.7. The molecule has 19 heavy (non-hydrogen) atoms. The Morgan fingerprint density at radius 1 is 1.26 bits per heavy atom. The van der Waals surface area contributed by atoms with Crippen molar-refractivity contribution in [1.82, 2.24) is 4.90 Å². The number of hydrogen-bond acceptors (Lipinski definition) is 2. The molecular weight excluding hydrogens is 308 g/mol. The lowest BCUT2D eigenvalue weighted by atomic mass is 10.2. The minimum atomic E-state index is -0.0887. The van der Waals surface area contributed by atoms with E-state index in [1.54, 1.807) is 4.90 Å². The fourth-order valence-electron chi connectivity index (χ4n) is 1.76. The fraction of sp³-hybridized carbons (Fsp3) is 0.429. The maximum Gasteiger partial charge on any atom is 0.226 e. The molecule has 0 heterocycles. The summed E-state index contributed by atoms with van der Waals surface area (Å²) in [6.07, 6.45) is 0.299. The van der Waals surface area contributed by atoms with E-state index in [0.717, 1.165) is 10.2 Å². The van der Waals surface area contributed by atoms with Gasteiger partial charge in [0.05, 0.1) is 0 Å². The zero-order valence-corrected chi connectivity index (χ0v) is 13.0. The van der Waals surface area contributed by atoms with Gasteiger partial charge in [-0.25, -0.2) is 0 Å². The van der Waals surface area contributed by atoms with E-state index < -0.39 is 0 Å². The molecule has 0 aliphatic carbocycles. The molecule has 0 radical (unpaired) electrons. The Morgan fingerprint density at radius 2 is 1.84 bits per heavy atom. The van der Waals surface area contributed by atoms with Crippen molar-refractivity contribution in [3.63, 3.8) is 0 Å². The van der Waals surface area contributed by atoms with E-state index >= 15 is 0 Å². The van der Waals surface area contributed by atoms with E-state index in [1.165, 1.54) is 6.92 Å². The van der Waals surface area contributed by atoms with Gasteiger partial charge in [0.15, 0.2) is 0 Å². The Bertz CT molecular complexity index is 443. The highest BCUT2D eigenvalue weighted by atomic mass is 79.9. The van der Waals surface area contributed by atoms with Crippen LogP contribution in [0.1, 0.15) is 27.2 Å². The predicted molar refractivity (Wildman–Crippen MR) is 79.9 cm³/mol. The van der Waals surface area contributed by atoms with Gasteiger partial charge in [-0.2, -0.15) is 0 Å². The van der Waals surface area contributed by atoms with Crippen molar-refractivity contribution in [2.75, 3.05) is 11.9 Å². The summed E-state index contributed by atoms with van der Waals surface area (Å²) in [5, 5.41) is 2.80. The van der Waals surface area contributed by atoms with E-state index in [-0.39, 0.29) is 17.9 Å². The average Bonchev–Trinajstić information content (AvgIpc) is 2.31. The summed E-state index contributed by atoms with van der Waals surface area (Å²) in [6, 6.07) is 7.50. The molecule has 2 amide bonds. The van der Waals surface area contributed by atoms with Crippen LogP contribution in [0.25, 0.3) is 0 Å². The molecule has 0 unspecified atom stereocenters. The molecule has 0 bridgehead atoms. The summed E-state index contributed by atoms with van der Waals surface area (Å²) in [6.45, 7) is 5.84. The number of anilines is 1. The molecule has 1 N–H and O–H groups in total. The summed E-state index contributed by atoms with van der Waals surface area (Å²) >= 11 is 3.34. The van der Waals surface area contributed by atoms with Crippen molar-refractivity contribution in [1.29, 1.82) is 0 Å². The monoisotopic (exact) mass is 326 g/mol. The molecule has 1 rings (SSSR count). The van der Waals surface area contributed by atoms with Crippen molar-refractivity contribution in [2.24, 2.45) is 0 Å². The van der Waals surface area contributed by atoms with Gasteiger partial charge in [-0.15, -0.1) is 0 Å². The first-order chi connectivity index (χ1) is 8.90. The largest absolute Gasteiger partial charge is 0.340 e. The number of carbonyl (C=O) groups is 2. The predicted octanol–water partition coefficient (Wildman–Crippen LogP) is 3.03. The highest BCUT2D eigenvalue weighted by molar-refractivity contribution is 9.10. The van der Waals surface area contributed by atoms with Gasteiger partial charge < -0.3 is 10.2 Å². The zero-order chi connectivity index (χ0) is 14.4. The van der Waals surface area contributed by atoms with E-state index in [1.807, 2.05) is 38.1 Å². The molecule has 0 aliphatic rings. The van der Waals surface area contributed by atoms with Crippen molar-refractivity contribution in [3.05, 3.63) is 28.7 Å². The van der Waals surface area contributed by atoms with Crippen LogP contribution in [0.4, 0.5) is 5.69 Å². The Labute approximate surface area is 122 Å². The lowest BCUT2D eigenvalue weighted by Gasteiger charge is -2.24. The molecule has 5 heteroatoms. The lowest BCUT2D eigenvalue weighted by molar-refractivity contribution is -0.130. The summed E-state index contributed by atoms with van der Waals surface area (Å²) in [7, 11) is 0. The third-order valence-corrected chi connectivity index (χ3v) is 3.26. The first-order valence-corrected chi connectivity index (χ1v) is 7.02. The fourth-order valence-corrected chi connectivity index (χ4v) is 2.02. The second-order valence-corrected chi connectivity index (χ2v) is 5.53. The molecule has 0 atom stereocenters. The third kappa shape index (κ3) is 5.42. The number of carbonyl (C=O) groups excluding carboxylic acids is 2. The number of benzene rings is 1. The second kappa shape index (κ2) is 7.28. The summed E-state index contributed by atoms with van der Waals surface area (Å²) in [4.78, 5) is 24.9. The van der Waals surface area contributed by atoms with Gasteiger partial charge in [0.2, 0.25) is 11.8 Å².